The number of hydrogen-bond donors (Lipinski definition) is 3. The zero-order valence-corrected chi connectivity index (χ0v) is 14.5. The summed E-state index contributed by atoms with van der Waals surface area (Å²) in [7, 11) is 0. The van der Waals surface area contributed by atoms with E-state index < -0.39 is 0 Å². The highest BCUT2D eigenvalue weighted by Gasteiger charge is 2.11. The Labute approximate surface area is 153 Å². The Hall–Kier alpha value is -3.38. The molecule has 128 valence electrons. The summed E-state index contributed by atoms with van der Waals surface area (Å²) in [6.45, 7) is 0. The van der Waals surface area contributed by atoms with Crippen molar-refractivity contribution in [3.63, 3.8) is 0 Å². The van der Waals surface area contributed by atoms with E-state index in [-0.39, 0.29) is 11.8 Å². The van der Waals surface area contributed by atoms with Crippen molar-refractivity contribution in [3.05, 3.63) is 82.7 Å². The lowest BCUT2D eigenvalue weighted by Crippen LogP contribution is -2.14. The number of H-pyrrole nitrogens is 1. The summed E-state index contributed by atoms with van der Waals surface area (Å²) in [5, 5.41) is 8.54. The van der Waals surface area contributed by atoms with Crippen molar-refractivity contribution in [3.8, 4) is 0 Å². The molecule has 0 aliphatic carbocycles. The van der Waals surface area contributed by atoms with Crippen molar-refractivity contribution in [2.24, 2.45) is 0 Å². The molecule has 0 radical (unpaired) electrons. The summed E-state index contributed by atoms with van der Waals surface area (Å²) in [4.78, 5) is 28.5. The van der Waals surface area contributed by atoms with E-state index >= 15 is 0 Å². The minimum Gasteiger partial charge on any atom is -0.361 e. The largest absolute Gasteiger partial charge is 0.361 e. The van der Waals surface area contributed by atoms with Gasteiger partial charge in [0.2, 0.25) is 0 Å². The van der Waals surface area contributed by atoms with Crippen LogP contribution in [0.25, 0.3) is 10.9 Å². The lowest BCUT2D eigenvalue weighted by Gasteiger charge is -2.09. The van der Waals surface area contributed by atoms with Crippen molar-refractivity contribution in [2.45, 2.75) is 0 Å². The molecule has 0 aliphatic rings. The molecule has 2 heterocycles. The summed E-state index contributed by atoms with van der Waals surface area (Å²) in [5.74, 6) is -0.416. The monoisotopic (exact) mass is 361 g/mol. The number of anilines is 2. The minimum absolute atomic E-state index is 0.186. The number of fused-ring (bicyclic) bond motifs is 1. The van der Waals surface area contributed by atoms with Crippen LogP contribution in [0.4, 0.5) is 11.4 Å². The highest BCUT2D eigenvalue weighted by Crippen LogP contribution is 2.23. The van der Waals surface area contributed by atoms with Crippen LogP contribution < -0.4 is 10.6 Å². The Balaban J connectivity index is 1.53. The average Bonchev–Trinajstić information content (AvgIpc) is 3.34. The molecule has 2 aromatic carbocycles. The Bertz CT molecular complexity index is 1080. The second kappa shape index (κ2) is 6.85. The van der Waals surface area contributed by atoms with Gasteiger partial charge in [0, 0.05) is 28.4 Å². The van der Waals surface area contributed by atoms with E-state index in [1.54, 1.807) is 30.3 Å². The Morgan fingerprint density at radius 2 is 1.77 bits per heavy atom. The molecule has 4 rings (SSSR count). The summed E-state index contributed by atoms with van der Waals surface area (Å²) in [5.41, 5.74) is 2.75. The first kappa shape index (κ1) is 16.1. The van der Waals surface area contributed by atoms with Crippen molar-refractivity contribution < 1.29 is 9.59 Å². The van der Waals surface area contributed by atoms with Crippen LogP contribution >= 0.6 is 11.3 Å². The smallest absolute Gasteiger partial charge is 0.265 e. The number of benzene rings is 2. The number of aromatic amines is 1. The van der Waals surface area contributed by atoms with Crippen LogP contribution in [0.3, 0.4) is 0 Å². The number of thiophene rings is 1. The van der Waals surface area contributed by atoms with Gasteiger partial charge in [-0.3, -0.25) is 9.59 Å². The zero-order valence-electron chi connectivity index (χ0n) is 13.7. The highest BCUT2D eigenvalue weighted by atomic mass is 32.1. The van der Waals surface area contributed by atoms with Gasteiger partial charge in [-0.15, -0.1) is 11.3 Å². The molecule has 2 aromatic heterocycles. The van der Waals surface area contributed by atoms with Gasteiger partial charge < -0.3 is 15.6 Å². The molecule has 26 heavy (non-hydrogen) atoms. The van der Waals surface area contributed by atoms with Gasteiger partial charge in [-0.25, -0.2) is 0 Å². The lowest BCUT2D eigenvalue weighted by atomic mass is 10.1. The number of carbonyl (C=O) groups excluding carboxylic acids is 2. The number of amides is 2. The molecule has 2 amide bonds. The maximum atomic E-state index is 12.6. The zero-order chi connectivity index (χ0) is 17.9. The van der Waals surface area contributed by atoms with Gasteiger partial charge in [0.1, 0.15) is 0 Å². The summed E-state index contributed by atoms with van der Waals surface area (Å²) in [6, 6.07) is 18.1. The van der Waals surface area contributed by atoms with Crippen LogP contribution in [0.15, 0.2) is 72.2 Å². The molecule has 0 spiro atoms. The first-order chi connectivity index (χ1) is 12.7. The van der Waals surface area contributed by atoms with Crippen molar-refractivity contribution in [1.82, 2.24) is 4.98 Å². The van der Waals surface area contributed by atoms with Crippen molar-refractivity contribution >= 4 is 45.4 Å². The van der Waals surface area contributed by atoms with Gasteiger partial charge in [0.05, 0.1) is 10.6 Å². The molecule has 0 fully saturated rings. The molecular formula is C20H15N3O2S. The van der Waals surface area contributed by atoms with Gasteiger partial charge in [0.15, 0.2) is 0 Å². The van der Waals surface area contributed by atoms with Crippen molar-refractivity contribution in [2.75, 3.05) is 10.6 Å². The predicted molar refractivity (Wildman–Crippen MR) is 105 cm³/mol. The van der Waals surface area contributed by atoms with Gasteiger partial charge in [-0.1, -0.05) is 18.2 Å². The van der Waals surface area contributed by atoms with Crippen LogP contribution in [0.2, 0.25) is 0 Å². The first-order valence-electron chi connectivity index (χ1n) is 8.03. The Kier molecular flexibility index (Phi) is 4.25. The van der Waals surface area contributed by atoms with E-state index in [1.807, 2.05) is 41.9 Å². The van der Waals surface area contributed by atoms with Crippen LogP contribution in [0.5, 0.6) is 0 Å². The second-order valence-electron chi connectivity index (χ2n) is 5.71. The molecule has 0 saturated heterocycles. The number of hydrogen-bond acceptors (Lipinski definition) is 3. The highest BCUT2D eigenvalue weighted by molar-refractivity contribution is 7.12. The number of rotatable bonds is 4. The third-order valence-corrected chi connectivity index (χ3v) is 4.84. The van der Waals surface area contributed by atoms with E-state index in [1.165, 1.54) is 11.3 Å². The van der Waals surface area contributed by atoms with E-state index in [0.717, 1.165) is 16.6 Å². The number of carbonyl (C=O) groups is 2. The van der Waals surface area contributed by atoms with Crippen LogP contribution in [0.1, 0.15) is 20.0 Å². The summed E-state index contributed by atoms with van der Waals surface area (Å²) < 4.78 is 0. The van der Waals surface area contributed by atoms with E-state index in [9.17, 15) is 9.59 Å². The molecule has 0 saturated carbocycles. The fraction of sp³-hybridized carbons (Fsp3) is 0. The SMILES string of the molecule is O=C(Nc1cccc2[nH]ccc12)c1cccc(NC(=O)c2cccs2)c1. The van der Waals surface area contributed by atoms with Gasteiger partial charge in [-0.2, -0.15) is 0 Å². The normalized spacial score (nSPS) is 10.6. The van der Waals surface area contributed by atoms with Crippen LogP contribution in [-0.4, -0.2) is 16.8 Å². The van der Waals surface area contributed by atoms with Gasteiger partial charge in [-0.05, 0) is 47.8 Å². The maximum Gasteiger partial charge on any atom is 0.265 e. The third-order valence-electron chi connectivity index (χ3n) is 3.97. The Morgan fingerprint density at radius 1 is 0.885 bits per heavy atom. The van der Waals surface area contributed by atoms with E-state index in [4.69, 9.17) is 0 Å². The van der Waals surface area contributed by atoms with Crippen LogP contribution in [-0.2, 0) is 0 Å². The third kappa shape index (κ3) is 3.22. The quantitative estimate of drug-likeness (QED) is 0.491. The Morgan fingerprint density at radius 3 is 2.62 bits per heavy atom. The molecule has 6 heteroatoms. The molecule has 0 unspecified atom stereocenters. The molecule has 0 aliphatic heterocycles. The average molecular weight is 361 g/mol. The standard InChI is InChI=1S/C20H15N3O2S/c24-19(23-17-7-2-6-16-15(17)9-10-21-16)13-4-1-5-14(12-13)22-20(25)18-8-3-11-26-18/h1-12,21H,(H,22,25)(H,23,24). The summed E-state index contributed by atoms with van der Waals surface area (Å²) in [6.07, 6.45) is 1.83. The van der Waals surface area contributed by atoms with E-state index in [0.29, 0.717) is 16.1 Å². The van der Waals surface area contributed by atoms with Crippen molar-refractivity contribution in [1.29, 1.82) is 0 Å². The van der Waals surface area contributed by atoms with Gasteiger partial charge in [0.25, 0.3) is 11.8 Å². The molecule has 0 atom stereocenters. The van der Waals surface area contributed by atoms with Gasteiger partial charge >= 0.3 is 0 Å². The maximum absolute atomic E-state index is 12.6. The molecule has 3 N–H and O–H groups in total. The fourth-order valence-electron chi connectivity index (χ4n) is 2.73. The topological polar surface area (TPSA) is 74.0 Å². The summed E-state index contributed by atoms with van der Waals surface area (Å²) >= 11 is 1.37. The second-order valence-corrected chi connectivity index (χ2v) is 6.66. The lowest BCUT2D eigenvalue weighted by molar-refractivity contribution is 0.101. The fourth-order valence-corrected chi connectivity index (χ4v) is 3.35. The molecule has 0 bridgehead atoms. The number of aromatic nitrogens is 1. The number of nitrogens with one attached hydrogen (secondary N) is 3. The predicted octanol–water partition coefficient (Wildman–Crippen LogP) is 4.73. The van der Waals surface area contributed by atoms with Crippen LogP contribution in [0, 0.1) is 0 Å². The minimum atomic E-state index is -0.231. The van der Waals surface area contributed by atoms with E-state index in [2.05, 4.69) is 15.6 Å². The molecule has 5 nitrogen and oxygen atoms in total. The molecule has 4 aromatic rings. The molecular weight excluding hydrogens is 346 g/mol. The first-order valence-corrected chi connectivity index (χ1v) is 8.91.